The molecule has 1 saturated heterocycles. The molecule has 0 radical (unpaired) electrons. The first-order chi connectivity index (χ1) is 9.94. The number of rotatable bonds is 9. The third-order valence-electron chi connectivity index (χ3n) is 4.36. The minimum absolute atomic E-state index is 0.0739. The first-order valence-electron chi connectivity index (χ1n) is 7.89. The monoisotopic (exact) mass is 317 g/mol. The second kappa shape index (κ2) is 7.56. The van der Waals surface area contributed by atoms with Crippen LogP contribution in [0.15, 0.2) is 0 Å². The molecule has 0 aromatic heterocycles. The molecule has 3 N–H and O–H groups in total. The number of primary amides is 1. The predicted octanol–water partition coefficient (Wildman–Crippen LogP) is -0.259. The summed E-state index contributed by atoms with van der Waals surface area (Å²) < 4.78 is 23.6. The highest BCUT2D eigenvalue weighted by Gasteiger charge is 2.24. The molecule has 0 bridgehead atoms. The number of carbonyl (C=O) groups excluding carboxylic acids is 1. The molecule has 6 nitrogen and oxygen atoms in total. The predicted molar refractivity (Wildman–Crippen MR) is 82.7 cm³/mol. The normalized spacial score (nSPS) is 21.5. The van der Waals surface area contributed by atoms with Crippen LogP contribution in [0.2, 0.25) is 0 Å². The Balaban J connectivity index is 1.60. The van der Waals surface area contributed by atoms with Crippen molar-refractivity contribution >= 4 is 15.7 Å². The number of likely N-dealkylation sites (tertiary alicyclic amines) is 1. The lowest BCUT2D eigenvalue weighted by atomic mass is 10.1. The molecule has 2 fully saturated rings. The second-order valence-electron chi connectivity index (χ2n) is 6.34. The van der Waals surface area contributed by atoms with Crippen LogP contribution in [0.1, 0.15) is 32.1 Å². The summed E-state index contributed by atoms with van der Waals surface area (Å²) in [6, 6.07) is 0.591. The molecular formula is C14H27N3O3S. The maximum Gasteiger partial charge on any atom is 0.218 e. The average Bonchev–Trinajstić information content (AvgIpc) is 3.26. The summed E-state index contributed by atoms with van der Waals surface area (Å²) in [5.41, 5.74) is 4.99. The van der Waals surface area contributed by atoms with Gasteiger partial charge < -0.3 is 16.0 Å². The molecule has 1 amide bonds. The van der Waals surface area contributed by atoms with Crippen molar-refractivity contribution in [3.05, 3.63) is 0 Å². The highest BCUT2D eigenvalue weighted by Crippen LogP contribution is 2.28. The van der Waals surface area contributed by atoms with Gasteiger partial charge in [-0.05, 0) is 51.2 Å². The maximum absolute atomic E-state index is 11.8. The van der Waals surface area contributed by atoms with Crippen molar-refractivity contribution in [3.8, 4) is 0 Å². The summed E-state index contributed by atoms with van der Waals surface area (Å²) >= 11 is 0. The molecule has 7 heteroatoms. The van der Waals surface area contributed by atoms with Gasteiger partial charge in [0.1, 0.15) is 0 Å². The molecule has 2 rings (SSSR count). The minimum Gasteiger partial charge on any atom is -0.370 e. The standard InChI is InChI=1S/C14H27N3O3S/c15-14(18)5-9-21(19,20)10-8-17-6-3-13(4-7-17)16-11-12-1-2-12/h12-13,16H,1-11H2,(H2,15,18). The Labute approximate surface area is 127 Å². The van der Waals surface area contributed by atoms with Gasteiger partial charge in [-0.2, -0.15) is 0 Å². The van der Waals surface area contributed by atoms with Crippen LogP contribution < -0.4 is 11.1 Å². The lowest BCUT2D eigenvalue weighted by Gasteiger charge is -2.32. The fraction of sp³-hybridized carbons (Fsp3) is 0.929. The van der Waals surface area contributed by atoms with E-state index in [0.717, 1.165) is 38.4 Å². The largest absolute Gasteiger partial charge is 0.370 e. The Morgan fingerprint density at radius 2 is 1.81 bits per heavy atom. The molecule has 21 heavy (non-hydrogen) atoms. The molecule has 0 aromatic carbocycles. The van der Waals surface area contributed by atoms with Crippen molar-refractivity contribution in [3.63, 3.8) is 0 Å². The summed E-state index contributed by atoms with van der Waals surface area (Å²) in [6.45, 7) is 3.62. The number of carbonyl (C=O) groups is 1. The first-order valence-corrected chi connectivity index (χ1v) is 9.71. The van der Waals surface area contributed by atoms with Gasteiger partial charge in [-0.3, -0.25) is 4.79 Å². The number of hydrogen-bond donors (Lipinski definition) is 2. The topological polar surface area (TPSA) is 92.5 Å². The van der Waals surface area contributed by atoms with Gasteiger partial charge in [-0.25, -0.2) is 8.42 Å². The van der Waals surface area contributed by atoms with E-state index in [0.29, 0.717) is 12.6 Å². The lowest BCUT2D eigenvalue weighted by Crippen LogP contribution is -2.44. The summed E-state index contributed by atoms with van der Waals surface area (Å²) in [7, 11) is -3.16. The van der Waals surface area contributed by atoms with Gasteiger partial charge in [-0.1, -0.05) is 0 Å². The third-order valence-corrected chi connectivity index (χ3v) is 5.99. The highest BCUT2D eigenvalue weighted by atomic mass is 32.2. The number of amides is 1. The molecular weight excluding hydrogens is 290 g/mol. The molecule has 2 aliphatic rings. The summed E-state index contributed by atoms with van der Waals surface area (Å²) in [6.07, 6.45) is 4.85. The summed E-state index contributed by atoms with van der Waals surface area (Å²) in [4.78, 5) is 12.8. The third kappa shape index (κ3) is 6.76. The van der Waals surface area contributed by atoms with Crippen molar-refractivity contribution < 1.29 is 13.2 Å². The van der Waals surface area contributed by atoms with E-state index in [-0.39, 0.29) is 17.9 Å². The zero-order chi connectivity index (χ0) is 15.3. The number of nitrogens with zero attached hydrogens (tertiary/aromatic N) is 1. The van der Waals surface area contributed by atoms with Gasteiger partial charge in [0.05, 0.1) is 11.5 Å². The van der Waals surface area contributed by atoms with E-state index in [9.17, 15) is 13.2 Å². The quantitative estimate of drug-likeness (QED) is 0.611. The van der Waals surface area contributed by atoms with Gasteiger partial charge >= 0.3 is 0 Å². The van der Waals surface area contributed by atoms with Crippen LogP contribution in [0.5, 0.6) is 0 Å². The molecule has 0 spiro atoms. The first kappa shape index (κ1) is 16.7. The zero-order valence-electron chi connectivity index (χ0n) is 12.6. The van der Waals surface area contributed by atoms with Crippen molar-refractivity contribution in [1.29, 1.82) is 0 Å². The van der Waals surface area contributed by atoms with Crippen molar-refractivity contribution in [2.24, 2.45) is 11.7 Å². The van der Waals surface area contributed by atoms with E-state index in [2.05, 4.69) is 10.2 Å². The van der Waals surface area contributed by atoms with E-state index in [1.165, 1.54) is 12.8 Å². The molecule has 1 heterocycles. The van der Waals surface area contributed by atoms with Gasteiger partial charge in [0, 0.05) is 19.0 Å². The van der Waals surface area contributed by atoms with E-state index in [4.69, 9.17) is 5.73 Å². The van der Waals surface area contributed by atoms with Crippen LogP contribution in [0.3, 0.4) is 0 Å². The van der Waals surface area contributed by atoms with Crippen LogP contribution in [-0.2, 0) is 14.6 Å². The maximum atomic E-state index is 11.8. The number of nitrogens with one attached hydrogen (secondary N) is 1. The average molecular weight is 317 g/mol. The molecule has 122 valence electrons. The smallest absolute Gasteiger partial charge is 0.218 e. The Morgan fingerprint density at radius 3 is 2.38 bits per heavy atom. The molecule has 0 unspecified atom stereocenters. The number of sulfone groups is 1. The Hall–Kier alpha value is -0.660. The van der Waals surface area contributed by atoms with Crippen LogP contribution in [0, 0.1) is 5.92 Å². The fourth-order valence-electron chi connectivity index (χ4n) is 2.64. The number of piperidine rings is 1. The van der Waals surface area contributed by atoms with Crippen LogP contribution in [-0.4, -0.2) is 63.0 Å². The van der Waals surface area contributed by atoms with Crippen molar-refractivity contribution in [2.45, 2.75) is 38.1 Å². The molecule has 0 aromatic rings. The number of hydrogen-bond acceptors (Lipinski definition) is 5. The van der Waals surface area contributed by atoms with Crippen LogP contribution in [0.25, 0.3) is 0 Å². The zero-order valence-corrected chi connectivity index (χ0v) is 13.4. The van der Waals surface area contributed by atoms with Gasteiger partial charge in [0.25, 0.3) is 0 Å². The minimum atomic E-state index is -3.16. The highest BCUT2D eigenvalue weighted by molar-refractivity contribution is 7.91. The Morgan fingerprint density at radius 1 is 1.14 bits per heavy atom. The number of nitrogens with two attached hydrogens (primary N) is 1. The van der Waals surface area contributed by atoms with Crippen molar-refractivity contribution in [2.75, 3.05) is 37.7 Å². The molecule has 0 atom stereocenters. The van der Waals surface area contributed by atoms with E-state index >= 15 is 0 Å². The van der Waals surface area contributed by atoms with E-state index in [1.807, 2.05) is 0 Å². The van der Waals surface area contributed by atoms with E-state index < -0.39 is 15.7 Å². The van der Waals surface area contributed by atoms with Gasteiger partial charge in [0.15, 0.2) is 9.84 Å². The Bertz CT molecular complexity index is 440. The molecule has 1 aliphatic carbocycles. The SMILES string of the molecule is NC(=O)CCS(=O)(=O)CCN1CCC(NCC2CC2)CC1. The Kier molecular flexibility index (Phi) is 6.01. The van der Waals surface area contributed by atoms with Gasteiger partial charge in [0.2, 0.25) is 5.91 Å². The summed E-state index contributed by atoms with van der Waals surface area (Å²) in [5, 5.41) is 3.61. The molecule has 1 aliphatic heterocycles. The second-order valence-corrected chi connectivity index (χ2v) is 8.64. The van der Waals surface area contributed by atoms with Gasteiger partial charge in [-0.15, -0.1) is 0 Å². The lowest BCUT2D eigenvalue weighted by molar-refractivity contribution is -0.117. The molecule has 1 saturated carbocycles. The van der Waals surface area contributed by atoms with Crippen LogP contribution >= 0.6 is 0 Å². The fourth-order valence-corrected chi connectivity index (χ4v) is 3.90. The van der Waals surface area contributed by atoms with Crippen molar-refractivity contribution in [1.82, 2.24) is 10.2 Å². The van der Waals surface area contributed by atoms with Crippen LogP contribution in [0.4, 0.5) is 0 Å². The van der Waals surface area contributed by atoms with E-state index in [1.54, 1.807) is 0 Å². The summed E-state index contributed by atoms with van der Waals surface area (Å²) in [5.74, 6) is 0.349.